The van der Waals surface area contributed by atoms with Gasteiger partial charge in [0.05, 0.1) is 18.4 Å². The Morgan fingerprint density at radius 2 is 1.83 bits per heavy atom. The number of anilines is 1. The molecule has 0 saturated heterocycles. The molecule has 0 spiro atoms. The van der Waals surface area contributed by atoms with E-state index in [1.807, 2.05) is 0 Å². The van der Waals surface area contributed by atoms with E-state index in [1.54, 1.807) is 42.5 Å². The molecule has 0 aliphatic carbocycles. The molecule has 2 aromatic rings. The van der Waals surface area contributed by atoms with E-state index in [2.05, 4.69) is 5.32 Å². The minimum atomic E-state index is -0.497. The van der Waals surface area contributed by atoms with Gasteiger partial charge >= 0.3 is 5.97 Å². The van der Waals surface area contributed by atoms with Gasteiger partial charge in [0, 0.05) is 21.2 Å². The second-order valence-electron chi connectivity index (χ2n) is 4.93. The first kappa shape index (κ1) is 15.6. The summed E-state index contributed by atoms with van der Waals surface area (Å²) in [5.74, 6) is -0.763. The molecule has 116 valence electrons. The maximum Gasteiger partial charge on any atom is 0.338 e. The Morgan fingerprint density at radius 1 is 1.13 bits per heavy atom. The van der Waals surface area contributed by atoms with Crippen molar-refractivity contribution in [2.24, 2.45) is 0 Å². The Balaban J connectivity index is 2.15. The molecule has 23 heavy (non-hydrogen) atoms. The molecule has 4 nitrogen and oxygen atoms in total. The summed E-state index contributed by atoms with van der Waals surface area (Å²) < 4.78 is 4.76. The second-order valence-corrected chi connectivity index (χ2v) is 5.80. The van der Waals surface area contributed by atoms with Crippen molar-refractivity contribution in [1.82, 2.24) is 0 Å². The van der Waals surface area contributed by atoms with Gasteiger partial charge in [-0.05, 0) is 42.0 Å². The molecule has 1 aliphatic rings. The van der Waals surface area contributed by atoms with Gasteiger partial charge in [0.15, 0.2) is 0 Å². The van der Waals surface area contributed by atoms with Crippen molar-refractivity contribution in [3.05, 3.63) is 63.1 Å². The normalized spacial score (nSPS) is 14.6. The zero-order valence-electron chi connectivity index (χ0n) is 12.0. The van der Waals surface area contributed by atoms with Crippen LogP contribution in [0.1, 0.15) is 21.5 Å². The summed E-state index contributed by atoms with van der Waals surface area (Å²) in [7, 11) is 1.30. The number of amides is 1. The van der Waals surface area contributed by atoms with E-state index in [4.69, 9.17) is 27.9 Å². The van der Waals surface area contributed by atoms with Gasteiger partial charge in [-0.1, -0.05) is 29.3 Å². The monoisotopic (exact) mass is 347 g/mol. The average molecular weight is 348 g/mol. The SMILES string of the molecule is COC(=O)c1ccc(Cl)cc1/C=C1\C(=O)Nc2cc(Cl)ccc21. The third-order valence-corrected chi connectivity index (χ3v) is 3.95. The van der Waals surface area contributed by atoms with Crippen molar-refractivity contribution in [3.63, 3.8) is 0 Å². The summed E-state index contributed by atoms with van der Waals surface area (Å²) in [6, 6.07) is 9.91. The van der Waals surface area contributed by atoms with Gasteiger partial charge in [0.25, 0.3) is 5.91 Å². The van der Waals surface area contributed by atoms with Gasteiger partial charge in [0.2, 0.25) is 0 Å². The van der Waals surface area contributed by atoms with Crippen molar-refractivity contribution in [1.29, 1.82) is 0 Å². The first-order valence-corrected chi connectivity index (χ1v) is 7.46. The summed E-state index contributed by atoms with van der Waals surface area (Å²) in [5.41, 5.74) is 2.63. The van der Waals surface area contributed by atoms with E-state index >= 15 is 0 Å². The zero-order chi connectivity index (χ0) is 16.6. The highest BCUT2D eigenvalue weighted by molar-refractivity contribution is 6.37. The molecule has 1 heterocycles. The zero-order valence-corrected chi connectivity index (χ0v) is 13.5. The summed E-state index contributed by atoms with van der Waals surface area (Å²) in [5, 5.41) is 3.73. The van der Waals surface area contributed by atoms with Crippen LogP contribution < -0.4 is 5.32 Å². The molecule has 0 fully saturated rings. The van der Waals surface area contributed by atoms with Crippen LogP contribution in [0, 0.1) is 0 Å². The number of halogens is 2. The summed E-state index contributed by atoms with van der Waals surface area (Å²) in [6.45, 7) is 0. The predicted molar refractivity (Wildman–Crippen MR) is 90.7 cm³/mol. The van der Waals surface area contributed by atoms with E-state index in [0.29, 0.717) is 32.4 Å². The molecule has 0 radical (unpaired) electrons. The highest BCUT2D eigenvalue weighted by Gasteiger charge is 2.25. The van der Waals surface area contributed by atoms with Crippen LogP contribution in [0.2, 0.25) is 10.0 Å². The average Bonchev–Trinajstić information content (AvgIpc) is 2.82. The number of hydrogen-bond donors (Lipinski definition) is 1. The van der Waals surface area contributed by atoms with Crippen molar-refractivity contribution in [3.8, 4) is 0 Å². The van der Waals surface area contributed by atoms with Crippen LogP contribution in [-0.4, -0.2) is 19.0 Å². The van der Waals surface area contributed by atoms with Gasteiger partial charge in [-0.2, -0.15) is 0 Å². The highest BCUT2D eigenvalue weighted by Crippen LogP contribution is 2.35. The molecular weight excluding hydrogens is 337 g/mol. The number of hydrogen-bond acceptors (Lipinski definition) is 3. The lowest BCUT2D eigenvalue weighted by molar-refractivity contribution is -0.110. The summed E-state index contributed by atoms with van der Waals surface area (Å²) >= 11 is 11.9. The molecule has 0 saturated carbocycles. The molecule has 1 amide bonds. The third-order valence-electron chi connectivity index (χ3n) is 3.48. The fourth-order valence-electron chi connectivity index (χ4n) is 2.41. The number of ether oxygens (including phenoxy) is 1. The Kier molecular flexibility index (Phi) is 4.11. The minimum absolute atomic E-state index is 0.266. The topological polar surface area (TPSA) is 55.4 Å². The molecule has 1 N–H and O–H groups in total. The molecule has 2 aromatic carbocycles. The smallest absolute Gasteiger partial charge is 0.338 e. The lowest BCUT2D eigenvalue weighted by atomic mass is 10.0. The maximum atomic E-state index is 12.2. The van der Waals surface area contributed by atoms with Crippen LogP contribution in [-0.2, 0) is 9.53 Å². The van der Waals surface area contributed by atoms with Crippen molar-refractivity contribution in [2.45, 2.75) is 0 Å². The molecule has 0 aromatic heterocycles. The van der Waals surface area contributed by atoms with Crippen LogP contribution in [0.3, 0.4) is 0 Å². The Hall–Kier alpha value is -2.30. The molecule has 0 atom stereocenters. The van der Waals surface area contributed by atoms with Crippen LogP contribution in [0.25, 0.3) is 11.6 Å². The van der Waals surface area contributed by atoms with E-state index in [1.165, 1.54) is 7.11 Å². The molecule has 1 aliphatic heterocycles. The predicted octanol–water partition coefficient (Wildman–Crippen LogP) is 4.27. The van der Waals surface area contributed by atoms with E-state index in [-0.39, 0.29) is 5.91 Å². The Morgan fingerprint density at radius 3 is 2.57 bits per heavy atom. The number of esters is 1. The number of carbonyl (C=O) groups excluding carboxylic acids is 2. The van der Waals surface area contributed by atoms with E-state index < -0.39 is 5.97 Å². The van der Waals surface area contributed by atoms with Crippen LogP contribution in [0.4, 0.5) is 5.69 Å². The van der Waals surface area contributed by atoms with Gasteiger partial charge in [0.1, 0.15) is 0 Å². The minimum Gasteiger partial charge on any atom is -0.465 e. The second kappa shape index (κ2) is 6.07. The van der Waals surface area contributed by atoms with Gasteiger partial charge in [-0.25, -0.2) is 4.79 Å². The number of nitrogens with one attached hydrogen (secondary N) is 1. The largest absolute Gasteiger partial charge is 0.465 e. The lowest BCUT2D eigenvalue weighted by Gasteiger charge is -2.06. The van der Waals surface area contributed by atoms with Crippen LogP contribution >= 0.6 is 23.2 Å². The number of fused-ring (bicyclic) bond motifs is 1. The maximum absolute atomic E-state index is 12.2. The van der Waals surface area contributed by atoms with E-state index in [0.717, 1.165) is 5.56 Å². The molecular formula is C17H11Cl2NO3. The van der Waals surface area contributed by atoms with Crippen LogP contribution in [0.15, 0.2) is 36.4 Å². The highest BCUT2D eigenvalue weighted by atomic mass is 35.5. The number of rotatable bonds is 2. The van der Waals surface area contributed by atoms with Gasteiger partial charge in [-0.15, -0.1) is 0 Å². The Labute approximate surface area is 142 Å². The number of methoxy groups -OCH3 is 1. The quantitative estimate of drug-likeness (QED) is 0.651. The summed E-state index contributed by atoms with van der Waals surface area (Å²) in [4.78, 5) is 24.1. The number of carbonyl (C=O) groups is 2. The van der Waals surface area contributed by atoms with Crippen molar-refractivity contribution >= 4 is 52.4 Å². The Bertz CT molecular complexity index is 859. The summed E-state index contributed by atoms with van der Waals surface area (Å²) in [6.07, 6.45) is 1.62. The standard InChI is InChI=1S/C17H11Cl2NO3/c1-23-17(22)12-4-2-10(18)6-9(12)7-14-13-5-3-11(19)8-15(13)20-16(14)21/h2-8H,1H3,(H,20,21)/b14-7-. The first-order valence-electron chi connectivity index (χ1n) is 6.70. The van der Waals surface area contributed by atoms with Crippen molar-refractivity contribution in [2.75, 3.05) is 12.4 Å². The van der Waals surface area contributed by atoms with Crippen LogP contribution in [0.5, 0.6) is 0 Å². The van der Waals surface area contributed by atoms with E-state index in [9.17, 15) is 9.59 Å². The van der Waals surface area contributed by atoms with Gasteiger partial charge < -0.3 is 10.1 Å². The number of benzene rings is 2. The van der Waals surface area contributed by atoms with Crippen molar-refractivity contribution < 1.29 is 14.3 Å². The first-order chi connectivity index (χ1) is 11.0. The van der Waals surface area contributed by atoms with Gasteiger partial charge in [-0.3, -0.25) is 4.79 Å². The fraction of sp³-hybridized carbons (Fsp3) is 0.0588. The molecule has 0 bridgehead atoms. The third kappa shape index (κ3) is 2.96. The molecule has 3 rings (SSSR count). The molecule has 6 heteroatoms. The fourth-order valence-corrected chi connectivity index (χ4v) is 2.77. The lowest BCUT2D eigenvalue weighted by Crippen LogP contribution is -2.06. The molecule has 0 unspecified atom stereocenters.